The van der Waals surface area contributed by atoms with Crippen LogP contribution in [0.25, 0.3) is 0 Å². The van der Waals surface area contributed by atoms with E-state index in [9.17, 15) is 17.2 Å². The van der Waals surface area contributed by atoms with Gasteiger partial charge in [0.2, 0.25) is 10.0 Å². The fraction of sp³-hybridized carbons (Fsp3) is 0.647. The van der Waals surface area contributed by atoms with E-state index in [1.165, 1.54) is 6.07 Å². The zero-order valence-corrected chi connectivity index (χ0v) is 14.3. The van der Waals surface area contributed by atoms with Crippen molar-refractivity contribution in [2.45, 2.75) is 49.9 Å². The van der Waals surface area contributed by atoms with Crippen LogP contribution in [0, 0.1) is 17.0 Å². The average Bonchev–Trinajstić information content (AvgIpc) is 3.27. The van der Waals surface area contributed by atoms with E-state index in [1.54, 1.807) is 6.07 Å². The van der Waals surface area contributed by atoms with Gasteiger partial charge in [-0.15, -0.1) is 0 Å². The topological polar surface area (TPSA) is 49.4 Å². The molecule has 1 saturated heterocycles. The maximum Gasteiger partial charge on any atom is 0.214 e. The van der Waals surface area contributed by atoms with Gasteiger partial charge in [-0.05, 0) is 50.1 Å². The lowest BCUT2D eigenvalue weighted by Crippen LogP contribution is -2.52. The van der Waals surface area contributed by atoms with Gasteiger partial charge in [0.15, 0.2) is 11.6 Å². The third kappa shape index (κ3) is 3.09. The molecule has 0 amide bonds. The van der Waals surface area contributed by atoms with Gasteiger partial charge in [-0.3, -0.25) is 4.90 Å². The Kier molecular flexibility index (Phi) is 3.93. The van der Waals surface area contributed by atoms with E-state index in [4.69, 9.17) is 0 Å². The first-order chi connectivity index (χ1) is 11.4. The van der Waals surface area contributed by atoms with Gasteiger partial charge < -0.3 is 0 Å². The number of benzene rings is 1. The predicted octanol–water partition coefficient (Wildman–Crippen LogP) is 2.40. The van der Waals surface area contributed by atoms with Crippen LogP contribution in [-0.4, -0.2) is 37.7 Å². The van der Waals surface area contributed by atoms with Crippen LogP contribution in [-0.2, 0) is 16.6 Å². The monoisotopic (exact) mass is 356 g/mol. The Morgan fingerprint density at radius 1 is 1.25 bits per heavy atom. The predicted molar refractivity (Wildman–Crippen MR) is 86.8 cm³/mol. The molecule has 1 aromatic rings. The second-order valence-electron chi connectivity index (χ2n) is 7.64. The summed E-state index contributed by atoms with van der Waals surface area (Å²) in [6, 6.07) is 4.33. The minimum absolute atomic E-state index is 0.0430. The van der Waals surface area contributed by atoms with Crippen LogP contribution in [0.1, 0.15) is 37.7 Å². The number of rotatable bonds is 5. The van der Waals surface area contributed by atoms with Crippen molar-refractivity contribution in [1.82, 2.24) is 9.62 Å². The Labute approximate surface area is 141 Å². The van der Waals surface area contributed by atoms with Crippen molar-refractivity contribution in [3.05, 3.63) is 35.4 Å². The molecule has 24 heavy (non-hydrogen) atoms. The summed E-state index contributed by atoms with van der Waals surface area (Å²) >= 11 is 0. The number of likely N-dealkylation sites (tertiary alicyclic amines) is 1. The second kappa shape index (κ2) is 5.75. The molecule has 0 atom stereocenters. The molecule has 4 nitrogen and oxygen atoms in total. The molecule has 3 aliphatic rings. The summed E-state index contributed by atoms with van der Waals surface area (Å²) < 4.78 is 53.9. The molecule has 1 aliphatic heterocycles. The summed E-state index contributed by atoms with van der Waals surface area (Å²) in [4.78, 5) is 2.14. The Morgan fingerprint density at radius 2 is 2.00 bits per heavy atom. The lowest BCUT2D eigenvalue weighted by Gasteiger charge is -2.45. The molecule has 4 rings (SSSR count). The van der Waals surface area contributed by atoms with Crippen molar-refractivity contribution in [2.75, 3.05) is 13.1 Å². The van der Waals surface area contributed by atoms with Crippen LogP contribution in [0.4, 0.5) is 8.78 Å². The number of hydrogen-bond acceptors (Lipinski definition) is 3. The first-order valence-electron chi connectivity index (χ1n) is 8.53. The quantitative estimate of drug-likeness (QED) is 0.881. The fourth-order valence-electron chi connectivity index (χ4n) is 4.18. The Bertz CT molecular complexity index is 743. The largest absolute Gasteiger partial charge is 0.298 e. The highest BCUT2D eigenvalue weighted by molar-refractivity contribution is 7.90. The molecular weight excluding hydrogens is 334 g/mol. The van der Waals surface area contributed by atoms with Crippen molar-refractivity contribution in [1.29, 1.82) is 0 Å². The Morgan fingerprint density at radius 3 is 2.71 bits per heavy atom. The number of halogens is 2. The van der Waals surface area contributed by atoms with E-state index in [2.05, 4.69) is 9.62 Å². The standard InChI is InChI=1S/C17H22F2N2O2S/c18-15-3-1-2-12(16(15)19)10-21-7-6-17(11-21)8-13(9-17)20-24(22,23)14-4-5-14/h1-3,13-14,20H,4-11H2. The van der Waals surface area contributed by atoms with E-state index < -0.39 is 21.7 Å². The lowest BCUT2D eigenvalue weighted by atomic mass is 9.65. The van der Waals surface area contributed by atoms with Crippen LogP contribution in [0.15, 0.2) is 18.2 Å². The molecule has 0 unspecified atom stereocenters. The minimum Gasteiger partial charge on any atom is -0.298 e. The van der Waals surface area contributed by atoms with Crippen LogP contribution in [0.5, 0.6) is 0 Å². The summed E-state index contributed by atoms with van der Waals surface area (Å²) in [6.07, 6.45) is 4.24. The third-order valence-corrected chi connectivity index (χ3v) is 7.61. The van der Waals surface area contributed by atoms with Crippen LogP contribution >= 0.6 is 0 Å². The Hall–Kier alpha value is -1.05. The van der Waals surface area contributed by atoms with Gasteiger partial charge in [-0.2, -0.15) is 0 Å². The highest BCUT2D eigenvalue weighted by atomic mass is 32.2. The van der Waals surface area contributed by atoms with Crippen molar-refractivity contribution < 1.29 is 17.2 Å². The Balaban J connectivity index is 1.32. The van der Waals surface area contributed by atoms with Crippen molar-refractivity contribution in [2.24, 2.45) is 5.41 Å². The molecule has 0 bridgehead atoms. The molecule has 1 spiro atoms. The van der Waals surface area contributed by atoms with Crippen molar-refractivity contribution >= 4 is 10.0 Å². The van der Waals surface area contributed by atoms with Crippen LogP contribution in [0.2, 0.25) is 0 Å². The minimum atomic E-state index is -3.12. The molecule has 1 heterocycles. The zero-order chi connectivity index (χ0) is 16.9. The number of nitrogens with one attached hydrogen (secondary N) is 1. The van der Waals surface area contributed by atoms with Gasteiger partial charge in [-0.1, -0.05) is 12.1 Å². The molecule has 0 aromatic heterocycles. The first-order valence-corrected chi connectivity index (χ1v) is 10.1. The summed E-state index contributed by atoms with van der Waals surface area (Å²) in [5.74, 6) is -1.57. The van der Waals surface area contributed by atoms with Gasteiger partial charge in [0.1, 0.15) is 0 Å². The SMILES string of the molecule is O=S(=O)(NC1CC2(CCN(Cc3cccc(F)c3F)C2)C1)C1CC1. The number of nitrogens with zero attached hydrogens (tertiary/aromatic N) is 1. The van der Waals surface area contributed by atoms with Gasteiger partial charge in [-0.25, -0.2) is 21.9 Å². The fourth-order valence-corrected chi connectivity index (χ4v) is 5.76. The molecular formula is C17H22F2N2O2S. The van der Waals surface area contributed by atoms with Gasteiger partial charge >= 0.3 is 0 Å². The molecule has 3 fully saturated rings. The van der Waals surface area contributed by atoms with Gasteiger partial charge in [0, 0.05) is 24.7 Å². The first kappa shape index (κ1) is 16.4. The summed E-state index contributed by atoms with van der Waals surface area (Å²) in [5.41, 5.74) is 0.526. The summed E-state index contributed by atoms with van der Waals surface area (Å²) in [5, 5.41) is -0.176. The smallest absolute Gasteiger partial charge is 0.214 e. The number of sulfonamides is 1. The van der Waals surface area contributed by atoms with Crippen molar-refractivity contribution in [3.8, 4) is 0 Å². The summed E-state index contributed by atoms with van der Waals surface area (Å²) in [6.45, 7) is 2.08. The molecule has 0 radical (unpaired) electrons. The van der Waals surface area contributed by atoms with Crippen molar-refractivity contribution in [3.63, 3.8) is 0 Å². The molecule has 2 aliphatic carbocycles. The highest BCUT2D eigenvalue weighted by Crippen LogP contribution is 2.49. The zero-order valence-electron chi connectivity index (χ0n) is 13.5. The maximum atomic E-state index is 13.8. The van der Waals surface area contributed by atoms with Gasteiger partial charge in [0.05, 0.1) is 5.25 Å². The third-order valence-electron chi connectivity index (χ3n) is 5.60. The molecule has 1 N–H and O–H groups in total. The second-order valence-corrected chi connectivity index (χ2v) is 9.63. The van der Waals surface area contributed by atoms with E-state index >= 15 is 0 Å². The van der Waals surface area contributed by atoms with E-state index in [0.29, 0.717) is 12.1 Å². The van der Waals surface area contributed by atoms with Crippen LogP contribution in [0.3, 0.4) is 0 Å². The molecule has 132 valence electrons. The normalized spacial score (nSPS) is 30.7. The number of hydrogen-bond donors (Lipinski definition) is 1. The van der Waals surface area contributed by atoms with E-state index in [1.807, 2.05) is 0 Å². The summed E-state index contributed by atoms with van der Waals surface area (Å²) in [7, 11) is -3.12. The molecule has 7 heteroatoms. The lowest BCUT2D eigenvalue weighted by molar-refractivity contribution is 0.101. The van der Waals surface area contributed by atoms with E-state index in [0.717, 1.165) is 51.3 Å². The maximum absolute atomic E-state index is 13.8. The highest BCUT2D eigenvalue weighted by Gasteiger charge is 2.50. The van der Waals surface area contributed by atoms with Crippen LogP contribution < -0.4 is 4.72 Å². The van der Waals surface area contributed by atoms with Gasteiger partial charge in [0.25, 0.3) is 0 Å². The average molecular weight is 356 g/mol. The molecule has 1 aromatic carbocycles. The van der Waals surface area contributed by atoms with E-state index in [-0.39, 0.29) is 16.7 Å². The molecule has 2 saturated carbocycles.